The van der Waals surface area contributed by atoms with Gasteiger partial charge in [-0.05, 0) is 29.9 Å². The van der Waals surface area contributed by atoms with Gasteiger partial charge in [0.1, 0.15) is 5.75 Å². The largest absolute Gasteiger partial charge is 0.489 e. The van der Waals surface area contributed by atoms with Crippen LogP contribution < -0.4 is 15.5 Å². The predicted molar refractivity (Wildman–Crippen MR) is 87.8 cm³/mol. The molecule has 21 heavy (non-hydrogen) atoms. The molecular weight excluding hydrogens is 308 g/mol. The van der Waals surface area contributed by atoms with Crippen molar-refractivity contribution in [1.29, 1.82) is 0 Å². The molecule has 0 saturated heterocycles. The van der Waals surface area contributed by atoms with Crippen molar-refractivity contribution < 1.29 is 14.8 Å². The summed E-state index contributed by atoms with van der Waals surface area (Å²) in [6.07, 6.45) is 0. The average Bonchev–Trinajstić information content (AvgIpc) is 2.47. The molecule has 0 aromatic heterocycles. The molecule has 2 aromatic carbocycles. The molecule has 0 aliphatic rings. The summed E-state index contributed by atoms with van der Waals surface area (Å²) in [5.74, 6) is 0.639. The topological polar surface area (TPSA) is 61.7 Å². The molecule has 0 bridgehead atoms. The van der Waals surface area contributed by atoms with Crippen LogP contribution in [0.3, 0.4) is 0 Å². The number of benzene rings is 2. The van der Waals surface area contributed by atoms with Crippen molar-refractivity contribution >= 4 is 41.6 Å². The summed E-state index contributed by atoms with van der Waals surface area (Å²) in [5.41, 5.74) is 0.951. The van der Waals surface area contributed by atoms with E-state index >= 15 is 0 Å². The summed E-state index contributed by atoms with van der Waals surface area (Å²) in [6.45, 7) is 0.324. The highest BCUT2D eigenvalue weighted by molar-refractivity contribution is 7.80. The molecule has 108 valence electrons. The predicted octanol–water partition coefficient (Wildman–Crippen LogP) is 1.47. The van der Waals surface area contributed by atoms with Crippen molar-refractivity contribution in [2.75, 3.05) is 0 Å². The standard InChI is InChI=1S/C14H13BClNO3S/c16-13-10(5-4-8-12(13)15(18)19)9-17-14(21)20-11-6-2-1-3-7-11/h1-8,18-19H,9H2,(H,17,21). The van der Waals surface area contributed by atoms with Gasteiger partial charge in [0.05, 0.1) is 0 Å². The fourth-order valence-corrected chi connectivity index (χ4v) is 2.19. The Balaban J connectivity index is 1.97. The van der Waals surface area contributed by atoms with Crippen LogP contribution in [-0.4, -0.2) is 22.3 Å². The quantitative estimate of drug-likeness (QED) is 0.588. The number of rotatable bonds is 4. The van der Waals surface area contributed by atoms with Crippen molar-refractivity contribution in [2.24, 2.45) is 0 Å². The minimum absolute atomic E-state index is 0.215. The number of para-hydroxylation sites is 1. The maximum Gasteiger partial charge on any atom is 0.489 e. The SMILES string of the molecule is OB(O)c1cccc(CNC(=S)Oc2ccccc2)c1Cl. The molecule has 0 amide bonds. The number of thiocarbonyl (C=S) groups is 1. The van der Waals surface area contributed by atoms with Crippen LogP contribution in [-0.2, 0) is 6.54 Å². The monoisotopic (exact) mass is 321 g/mol. The minimum atomic E-state index is -1.61. The van der Waals surface area contributed by atoms with E-state index in [1.807, 2.05) is 18.2 Å². The Labute approximate surface area is 133 Å². The first-order valence-corrected chi connectivity index (χ1v) is 7.00. The van der Waals surface area contributed by atoms with Crippen molar-refractivity contribution in [3.63, 3.8) is 0 Å². The number of nitrogens with one attached hydrogen (secondary N) is 1. The lowest BCUT2D eigenvalue weighted by Crippen LogP contribution is -2.32. The average molecular weight is 322 g/mol. The third kappa shape index (κ3) is 4.44. The summed E-state index contributed by atoms with van der Waals surface area (Å²) in [7, 11) is -1.61. The normalized spacial score (nSPS) is 10.0. The summed E-state index contributed by atoms with van der Waals surface area (Å²) >= 11 is 11.2. The Kier molecular flexibility index (Phi) is 5.58. The molecule has 0 spiro atoms. The Morgan fingerprint density at radius 1 is 1.14 bits per heavy atom. The number of halogens is 1. The van der Waals surface area contributed by atoms with Crippen LogP contribution in [0.4, 0.5) is 0 Å². The molecule has 0 aliphatic heterocycles. The molecule has 0 saturated carbocycles. The first-order chi connectivity index (χ1) is 10.1. The fourth-order valence-electron chi connectivity index (χ4n) is 1.73. The third-order valence-corrected chi connectivity index (χ3v) is 3.45. The molecule has 0 aliphatic carbocycles. The minimum Gasteiger partial charge on any atom is -0.432 e. The molecule has 7 heteroatoms. The van der Waals surface area contributed by atoms with Gasteiger partial charge in [-0.2, -0.15) is 0 Å². The Morgan fingerprint density at radius 3 is 2.52 bits per heavy atom. The number of hydrogen-bond donors (Lipinski definition) is 3. The summed E-state index contributed by atoms with van der Waals surface area (Å²) in [4.78, 5) is 0. The second kappa shape index (κ2) is 7.42. The van der Waals surface area contributed by atoms with E-state index in [0.717, 1.165) is 0 Å². The fraction of sp³-hybridized carbons (Fsp3) is 0.0714. The van der Waals surface area contributed by atoms with E-state index in [0.29, 0.717) is 22.9 Å². The molecule has 0 fully saturated rings. The maximum absolute atomic E-state index is 9.20. The van der Waals surface area contributed by atoms with Crippen LogP contribution in [0, 0.1) is 0 Å². The lowest BCUT2D eigenvalue weighted by atomic mass is 9.79. The van der Waals surface area contributed by atoms with Crippen LogP contribution >= 0.6 is 23.8 Å². The van der Waals surface area contributed by atoms with Gasteiger partial charge in [0.15, 0.2) is 0 Å². The van der Waals surface area contributed by atoms with Crippen LogP contribution in [0.15, 0.2) is 48.5 Å². The van der Waals surface area contributed by atoms with Gasteiger partial charge in [0.25, 0.3) is 5.17 Å². The summed E-state index contributed by atoms with van der Waals surface area (Å²) in [5, 5.41) is 21.8. The molecule has 3 N–H and O–H groups in total. The Hall–Kier alpha value is -1.60. The van der Waals surface area contributed by atoms with E-state index < -0.39 is 7.12 Å². The first kappa shape index (κ1) is 15.8. The molecule has 0 atom stereocenters. The van der Waals surface area contributed by atoms with Gasteiger partial charge in [0.2, 0.25) is 0 Å². The Morgan fingerprint density at radius 2 is 1.86 bits per heavy atom. The van der Waals surface area contributed by atoms with E-state index in [1.165, 1.54) is 0 Å². The molecule has 0 radical (unpaired) electrons. The van der Waals surface area contributed by atoms with E-state index in [9.17, 15) is 10.0 Å². The molecular formula is C14H13BClNO3S. The van der Waals surface area contributed by atoms with Gasteiger partial charge in [0, 0.05) is 17.0 Å². The molecule has 0 unspecified atom stereocenters. The maximum atomic E-state index is 9.20. The van der Waals surface area contributed by atoms with Crippen LogP contribution in [0.25, 0.3) is 0 Å². The highest BCUT2D eigenvalue weighted by Gasteiger charge is 2.17. The van der Waals surface area contributed by atoms with Gasteiger partial charge in [-0.1, -0.05) is 48.0 Å². The molecule has 4 nitrogen and oxygen atoms in total. The third-order valence-electron chi connectivity index (χ3n) is 2.76. The molecule has 0 heterocycles. The van der Waals surface area contributed by atoms with Crippen molar-refractivity contribution in [3.05, 3.63) is 59.1 Å². The van der Waals surface area contributed by atoms with Gasteiger partial charge in [-0.3, -0.25) is 0 Å². The van der Waals surface area contributed by atoms with Gasteiger partial charge < -0.3 is 20.1 Å². The van der Waals surface area contributed by atoms with Crippen LogP contribution in [0.5, 0.6) is 5.75 Å². The van der Waals surface area contributed by atoms with Crippen LogP contribution in [0.1, 0.15) is 5.56 Å². The van der Waals surface area contributed by atoms with Crippen molar-refractivity contribution in [3.8, 4) is 5.75 Å². The van der Waals surface area contributed by atoms with Gasteiger partial charge in [-0.15, -0.1) is 0 Å². The van der Waals surface area contributed by atoms with Gasteiger partial charge in [-0.25, -0.2) is 0 Å². The van der Waals surface area contributed by atoms with E-state index in [4.69, 9.17) is 28.6 Å². The zero-order chi connectivity index (χ0) is 15.2. The lowest BCUT2D eigenvalue weighted by molar-refractivity contribution is 0.426. The lowest BCUT2D eigenvalue weighted by Gasteiger charge is -2.12. The number of ether oxygens (including phenoxy) is 1. The van der Waals surface area contributed by atoms with Crippen LogP contribution in [0.2, 0.25) is 5.02 Å². The smallest absolute Gasteiger partial charge is 0.432 e. The van der Waals surface area contributed by atoms with E-state index in [2.05, 4.69) is 5.32 Å². The highest BCUT2D eigenvalue weighted by atomic mass is 35.5. The summed E-state index contributed by atoms with van der Waals surface area (Å²) < 4.78 is 5.43. The molecule has 2 rings (SSSR count). The Bertz CT molecular complexity index is 625. The second-order valence-corrected chi connectivity index (χ2v) is 5.00. The van der Waals surface area contributed by atoms with Crippen molar-refractivity contribution in [2.45, 2.75) is 6.54 Å². The van der Waals surface area contributed by atoms with Crippen molar-refractivity contribution in [1.82, 2.24) is 5.32 Å². The summed E-state index contributed by atoms with van der Waals surface area (Å²) in [6, 6.07) is 14.2. The zero-order valence-electron chi connectivity index (χ0n) is 11.0. The van der Waals surface area contributed by atoms with E-state index in [-0.39, 0.29) is 10.6 Å². The highest BCUT2D eigenvalue weighted by Crippen LogP contribution is 2.14. The van der Waals surface area contributed by atoms with E-state index in [1.54, 1.807) is 30.3 Å². The second-order valence-electron chi connectivity index (χ2n) is 4.25. The zero-order valence-corrected chi connectivity index (χ0v) is 12.6. The number of hydrogen-bond acceptors (Lipinski definition) is 4. The molecule has 2 aromatic rings. The van der Waals surface area contributed by atoms with Gasteiger partial charge >= 0.3 is 7.12 Å². The first-order valence-electron chi connectivity index (χ1n) is 6.22.